The molecule has 12 atom stereocenters. The van der Waals surface area contributed by atoms with Crippen molar-refractivity contribution in [3.63, 3.8) is 0 Å². The van der Waals surface area contributed by atoms with Crippen LogP contribution in [0.3, 0.4) is 0 Å². The van der Waals surface area contributed by atoms with E-state index in [4.69, 9.17) is 18.9 Å². The van der Waals surface area contributed by atoms with E-state index in [9.17, 15) is 45.6 Å². The summed E-state index contributed by atoms with van der Waals surface area (Å²) >= 11 is 0. The Balaban J connectivity index is 1.62. The highest BCUT2D eigenvalue weighted by Gasteiger charge is 2.51. The van der Waals surface area contributed by atoms with Crippen molar-refractivity contribution in [1.29, 1.82) is 0 Å². The second-order valence-corrected chi connectivity index (χ2v) is 23.6. The number of hydrogen-bond acceptors (Lipinski definition) is 13. The van der Waals surface area contributed by atoms with Crippen LogP contribution in [0.25, 0.3) is 0 Å². The number of aliphatic hydroxyl groups is 8. The Hall–Kier alpha value is -1.01. The van der Waals surface area contributed by atoms with Gasteiger partial charge in [0.15, 0.2) is 12.6 Å². The summed E-state index contributed by atoms with van der Waals surface area (Å²) in [6, 6.07) is -0.822. The van der Waals surface area contributed by atoms with Crippen LogP contribution in [0.4, 0.5) is 0 Å². The van der Waals surface area contributed by atoms with Crippen LogP contribution in [0.2, 0.25) is 0 Å². The molecule has 2 heterocycles. The SMILES string of the molecule is CCCCCCCCCCCCCCCCCCCCCCCCCCCCCCCCC(=O)N[C@@H](CO[C@@H]1O[C@H](CO)[C@@H](O[C@@H]2O[C@H](CO)[C@H](O)C(O)C2O)C(O)C1O)[C@H](O)CCCCCCCCCCCCCCC. The molecule has 9 N–H and O–H groups in total. The minimum atomic E-state index is -1.78. The molecule has 0 aromatic heterocycles. The molecule has 2 aliphatic heterocycles. The lowest BCUT2D eigenvalue weighted by atomic mass is 9.97. The first-order valence-corrected chi connectivity index (χ1v) is 32.8. The molecule has 2 saturated heterocycles. The number of rotatable bonds is 54. The Morgan fingerprint density at radius 3 is 1.10 bits per heavy atom. The van der Waals surface area contributed by atoms with Crippen molar-refractivity contribution >= 4 is 5.91 Å². The third kappa shape index (κ3) is 34.9. The van der Waals surface area contributed by atoms with E-state index in [-0.39, 0.29) is 12.5 Å². The molecule has 0 aliphatic carbocycles. The van der Waals surface area contributed by atoms with E-state index in [0.29, 0.717) is 12.8 Å². The number of ether oxygens (including phenoxy) is 4. The number of aliphatic hydroxyl groups excluding tert-OH is 8. The van der Waals surface area contributed by atoms with Crippen molar-refractivity contribution in [2.75, 3.05) is 19.8 Å². The van der Waals surface area contributed by atoms with Crippen LogP contribution in [0, 0.1) is 0 Å². The average Bonchev–Trinajstić information content (AvgIpc) is 3.44. The Morgan fingerprint density at radius 2 is 0.740 bits per heavy atom. The van der Waals surface area contributed by atoms with Crippen molar-refractivity contribution in [2.45, 2.75) is 376 Å². The Bertz CT molecular complexity index is 1300. The highest BCUT2D eigenvalue weighted by atomic mass is 16.7. The Morgan fingerprint density at radius 1 is 0.416 bits per heavy atom. The van der Waals surface area contributed by atoms with E-state index in [0.717, 1.165) is 51.4 Å². The molecule has 2 fully saturated rings. The summed E-state index contributed by atoms with van der Waals surface area (Å²) in [4.78, 5) is 13.3. The Labute approximate surface area is 470 Å². The zero-order chi connectivity index (χ0) is 56.0. The molecule has 2 aliphatic rings. The number of hydrogen-bond donors (Lipinski definition) is 9. The molecular weight excluding hydrogens is 979 g/mol. The van der Waals surface area contributed by atoms with Gasteiger partial charge in [0.1, 0.15) is 48.8 Å². The second kappa shape index (κ2) is 49.6. The number of carbonyl (C=O) groups is 1. The van der Waals surface area contributed by atoms with Gasteiger partial charge in [0.05, 0.1) is 32.0 Å². The normalized spacial score (nSPS) is 24.6. The van der Waals surface area contributed by atoms with Crippen molar-refractivity contribution in [2.24, 2.45) is 0 Å². The van der Waals surface area contributed by atoms with Crippen molar-refractivity contribution in [1.82, 2.24) is 5.32 Å². The maximum absolute atomic E-state index is 13.3. The van der Waals surface area contributed by atoms with Crippen LogP contribution in [0.5, 0.6) is 0 Å². The number of nitrogens with one attached hydrogen (secondary N) is 1. The van der Waals surface area contributed by atoms with Crippen molar-refractivity contribution in [3.05, 3.63) is 0 Å². The highest BCUT2D eigenvalue weighted by molar-refractivity contribution is 5.76. The van der Waals surface area contributed by atoms with Gasteiger partial charge >= 0.3 is 0 Å². The summed E-state index contributed by atoms with van der Waals surface area (Å²) in [5.41, 5.74) is 0. The smallest absolute Gasteiger partial charge is 0.220 e. The van der Waals surface area contributed by atoms with E-state index in [1.54, 1.807) is 0 Å². The summed E-state index contributed by atoms with van der Waals surface area (Å²) in [6.07, 6.45) is 39.9. The lowest BCUT2D eigenvalue weighted by Gasteiger charge is -2.46. The number of amides is 1. The predicted octanol–water partition coefficient (Wildman–Crippen LogP) is 12.1. The van der Waals surface area contributed by atoms with Crippen molar-refractivity contribution in [3.8, 4) is 0 Å². The maximum atomic E-state index is 13.3. The quantitative estimate of drug-likeness (QED) is 0.0259. The molecule has 14 nitrogen and oxygen atoms in total. The molecular formula is C63H123NO13. The van der Waals surface area contributed by atoms with Gasteiger partial charge in [-0.05, 0) is 12.8 Å². The predicted molar refractivity (Wildman–Crippen MR) is 309 cm³/mol. The van der Waals surface area contributed by atoms with Gasteiger partial charge in [0, 0.05) is 6.42 Å². The first kappa shape index (κ1) is 72.1. The van der Waals surface area contributed by atoms with Crippen LogP contribution in [-0.4, -0.2) is 140 Å². The van der Waals surface area contributed by atoms with E-state index in [2.05, 4.69) is 19.2 Å². The van der Waals surface area contributed by atoms with Gasteiger partial charge in [0.2, 0.25) is 5.91 Å². The monoisotopic (exact) mass is 1100 g/mol. The van der Waals surface area contributed by atoms with Gasteiger partial charge in [-0.15, -0.1) is 0 Å². The molecule has 0 bridgehead atoms. The third-order valence-electron chi connectivity index (χ3n) is 16.6. The van der Waals surface area contributed by atoms with Gasteiger partial charge < -0.3 is 65.1 Å². The van der Waals surface area contributed by atoms with E-state index >= 15 is 0 Å². The fraction of sp³-hybridized carbons (Fsp3) is 0.984. The topological polar surface area (TPSA) is 228 Å². The largest absolute Gasteiger partial charge is 0.394 e. The molecule has 0 spiro atoms. The van der Waals surface area contributed by atoms with E-state index in [1.807, 2.05) is 0 Å². The van der Waals surface area contributed by atoms with Crippen LogP contribution < -0.4 is 5.32 Å². The fourth-order valence-corrected chi connectivity index (χ4v) is 11.3. The fourth-order valence-electron chi connectivity index (χ4n) is 11.3. The molecule has 458 valence electrons. The molecule has 0 saturated carbocycles. The zero-order valence-electron chi connectivity index (χ0n) is 49.5. The van der Waals surface area contributed by atoms with E-state index in [1.165, 1.54) is 225 Å². The molecule has 77 heavy (non-hydrogen) atoms. The standard InChI is InChI=1S/C63H123NO13/c1-3-5-7-9-11-13-15-17-18-19-20-21-22-23-24-25-26-27-28-29-30-31-32-33-35-37-39-41-43-45-47-55(68)64-51(52(67)46-44-42-40-38-36-34-16-14-12-10-8-6-4-2)50-74-62-60(73)58(71)61(54(49-66)76-62)77-63-59(72)57(70)56(69)53(48-65)75-63/h51-54,56-63,65-67,69-73H,3-50H2,1-2H3,(H,64,68)/t51-,52+,53+,54+,56-,57?,58?,59?,60?,61+,62+,63-/m0/s1. The van der Waals surface area contributed by atoms with Crippen LogP contribution >= 0.6 is 0 Å². The minimum absolute atomic E-state index is 0.199. The molecule has 2 rings (SSSR count). The minimum Gasteiger partial charge on any atom is -0.394 e. The number of carbonyl (C=O) groups excluding carboxylic acids is 1. The van der Waals surface area contributed by atoms with Gasteiger partial charge in [-0.25, -0.2) is 0 Å². The molecule has 4 unspecified atom stereocenters. The van der Waals surface area contributed by atoms with Crippen molar-refractivity contribution < 1.29 is 64.6 Å². The molecule has 0 aromatic rings. The summed E-state index contributed by atoms with van der Waals surface area (Å²) in [7, 11) is 0. The molecule has 0 radical (unpaired) electrons. The first-order valence-electron chi connectivity index (χ1n) is 32.8. The summed E-state index contributed by atoms with van der Waals surface area (Å²) in [6.45, 7) is 2.90. The zero-order valence-corrected chi connectivity index (χ0v) is 49.5. The van der Waals surface area contributed by atoms with Gasteiger partial charge in [0.25, 0.3) is 0 Å². The molecule has 14 heteroatoms. The number of unbranched alkanes of at least 4 members (excludes halogenated alkanes) is 41. The molecule has 0 aromatic carbocycles. The van der Waals surface area contributed by atoms with Crippen LogP contribution in [0.15, 0.2) is 0 Å². The van der Waals surface area contributed by atoms with Gasteiger partial charge in [-0.3, -0.25) is 4.79 Å². The Kier molecular flexibility index (Phi) is 46.4. The van der Waals surface area contributed by atoms with Crippen LogP contribution in [-0.2, 0) is 23.7 Å². The van der Waals surface area contributed by atoms with Crippen LogP contribution in [0.1, 0.15) is 303 Å². The third-order valence-corrected chi connectivity index (χ3v) is 16.6. The second-order valence-electron chi connectivity index (χ2n) is 23.6. The summed E-state index contributed by atoms with van der Waals surface area (Å²) in [5, 5.41) is 87.3. The van der Waals surface area contributed by atoms with Gasteiger partial charge in [-0.2, -0.15) is 0 Å². The lowest BCUT2D eigenvalue weighted by Crippen LogP contribution is -2.65. The van der Waals surface area contributed by atoms with E-state index < -0.39 is 86.8 Å². The maximum Gasteiger partial charge on any atom is 0.220 e. The summed E-state index contributed by atoms with van der Waals surface area (Å²) in [5.74, 6) is -0.199. The summed E-state index contributed by atoms with van der Waals surface area (Å²) < 4.78 is 22.8. The lowest BCUT2D eigenvalue weighted by molar-refractivity contribution is -0.359. The molecule has 1 amide bonds. The van der Waals surface area contributed by atoms with Gasteiger partial charge in [-0.1, -0.05) is 284 Å². The first-order chi connectivity index (χ1) is 37.6. The average molecular weight is 1100 g/mol. The highest BCUT2D eigenvalue weighted by Crippen LogP contribution is 2.30.